The zero-order valence-electron chi connectivity index (χ0n) is 36.5. The summed E-state index contributed by atoms with van der Waals surface area (Å²) in [5.41, 5.74) is 19.6. The van der Waals surface area contributed by atoms with Crippen LogP contribution in [0.15, 0.2) is 229 Å². The van der Waals surface area contributed by atoms with Gasteiger partial charge in [0, 0.05) is 27.6 Å². The molecule has 64 heavy (non-hydrogen) atoms. The molecule has 0 fully saturated rings. The molecule has 0 aliphatic heterocycles. The smallest absolute Gasteiger partial charge is 0.136 e. The molecule has 1 atom stereocenters. The van der Waals surface area contributed by atoms with E-state index in [1.54, 1.807) is 0 Å². The van der Waals surface area contributed by atoms with E-state index in [-0.39, 0.29) is 5.41 Å². The van der Waals surface area contributed by atoms with E-state index in [2.05, 4.69) is 238 Å². The van der Waals surface area contributed by atoms with Gasteiger partial charge in [0.15, 0.2) is 0 Å². The minimum atomic E-state index is -0.0378. The molecule has 0 amide bonds. The van der Waals surface area contributed by atoms with E-state index in [0.717, 1.165) is 23.3 Å². The number of benzene rings is 9. The standard InChI is InChI=1S/C34H31N.C28H18O/c1-23-9-15-28(16-10-23)35-29-17-11-25(12-18-29)27-14-20-31-30-19-13-26(24-7-5-4-6-8-24)21-32(30)34(2,3)33(31)22-27;1-2-6-19(7-3-1)20-10-12-21(13-11-20)23-15-16-26-25(18-23)28-24-9-5-4-8-22(24)14-17-27(28)29-26/h4-9,11-23,35H,10H2,1-3H3;1-18H. The van der Waals surface area contributed by atoms with Crippen LogP contribution in [-0.2, 0) is 5.41 Å². The minimum absolute atomic E-state index is 0.0378. The number of rotatable bonds is 6. The first-order chi connectivity index (χ1) is 31.4. The molecule has 2 nitrogen and oxygen atoms in total. The third-order valence-electron chi connectivity index (χ3n) is 13.3. The van der Waals surface area contributed by atoms with Crippen LogP contribution in [0.1, 0.15) is 38.3 Å². The Labute approximate surface area is 375 Å². The molecule has 1 aromatic heterocycles. The molecule has 0 spiro atoms. The first-order valence-electron chi connectivity index (χ1n) is 22.5. The van der Waals surface area contributed by atoms with Crippen LogP contribution in [0.5, 0.6) is 0 Å². The largest absolute Gasteiger partial charge is 0.456 e. The lowest BCUT2D eigenvalue weighted by Gasteiger charge is -2.22. The molecule has 308 valence electrons. The molecular formula is C62H49NO. The molecule has 1 heterocycles. The molecule has 0 radical (unpaired) electrons. The highest BCUT2D eigenvalue weighted by molar-refractivity contribution is 6.19. The quantitative estimate of drug-likeness (QED) is 0.181. The zero-order valence-corrected chi connectivity index (χ0v) is 36.5. The monoisotopic (exact) mass is 823 g/mol. The summed E-state index contributed by atoms with van der Waals surface area (Å²) in [5.74, 6) is 0.628. The molecule has 1 N–H and O–H groups in total. The predicted octanol–water partition coefficient (Wildman–Crippen LogP) is 17.3. The summed E-state index contributed by atoms with van der Waals surface area (Å²) in [6.07, 6.45) is 7.83. The van der Waals surface area contributed by atoms with Crippen LogP contribution in [0.3, 0.4) is 0 Å². The molecular weight excluding hydrogens is 775 g/mol. The summed E-state index contributed by atoms with van der Waals surface area (Å²) >= 11 is 0. The molecule has 2 aliphatic rings. The van der Waals surface area contributed by atoms with Gasteiger partial charge in [-0.2, -0.15) is 0 Å². The normalized spacial score (nSPS) is 14.7. The van der Waals surface area contributed by atoms with E-state index in [0.29, 0.717) is 5.92 Å². The molecule has 0 bridgehead atoms. The van der Waals surface area contributed by atoms with Crippen molar-refractivity contribution in [1.82, 2.24) is 0 Å². The fourth-order valence-electron chi connectivity index (χ4n) is 9.67. The van der Waals surface area contributed by atoms with Crippen molar-refractivity contribution in [2.45, 2.75) is 32.6 Å². The van der Waals surface area contributed by atoms with Crippen molar-refractivity contribution in [2.75, 3.05) is 5.32 Å². The summed E-state index contributed by atoms with van der Waals surface area (Å²) in [4.78, 5) is 0. The molecule has 10 aromatic rings. The lowest BCUT2D eigenvalue weighted by atomic mass is 9.81. The van der Waals surface area contributed by atoms with Gasteiger partial charge in [0.05, 0.1) is 0 Å². The molecule has 2 aliphatic carbocycles. The van der Waals surface area contributed by atoms with Crippen molar-refractivity contribution in [3.05, 3.63) is 235 Å². The van der Waals surface area contributed by atoms with Crippen LogP contribution in [0.25, 0.3) is 88.3 Å². The number of hydrogen-bond acceptors (Lipinski definition) is 2. The third-order valence-corrected chi connectivity index (χ3v) is 13.3. The highest BCUT2D eigenvalue weighted by Crippen LogP contribution is 2.50. The fourth-order valence-corrected chi connectivity index (χ4v) is 9.67. The van der Waals surface area contributed by atoms with Gasteiger partial charge in [0.1, 0.15) is 11.2 Å². The van der Waals surface area contributed by atoms with Crippen molar-refractivity contribution >= 4 is 38.4 Å². The molecule has 2 heteroatoms. The topological polar surface area (TPSA) is 25.2 Å². The van der Waals surface area contributed by atoms with Crippen LogP contribution in [0, 0.1) is 5.92 Å². The van der Waals surface area contributed by atoms with Crippen molar-refractivity contribution in [2.24, 2.45) is 5.92 Å². The van der Waals surface area contributed by atoms with E-state index in [9.17, 15) is 0 Å². The highest BCUT2D eigenvalue weighted by atomic mass is 16.3. The highest BCUT2D eigenvalue weighted by Gasteiger charge is 2.36. The van der Waals surface area contributed by atoms with Gasteiger partial charge in [-0.05, 0) is 138 Å². The average molecular weight is 824 g/mol. The maximum absolute atomic E-state index is 6.13. The number of hydrogen-bond donors (Lipinski definition) is 1. The second kappa shape index (κ2) is 16.2. The first kappa shape index (κ1) is 39.2. The van der Waals surface area contributed by atoms with Crippen LogP contribution in [0.4, 0.5) is 5.69 Å². The van der Waals surface area contributed by atoms with Gasteiger partial charge in [-0.25, -0.2) is 0 Å². The predicted molar refractivity (Wildman–Crippen MR) is 272 cm³/mol. The summed E-state index contributed by atoms with van der Waals surface area (Å²) in [6, 6.07) is 71.9. The van der Waals surface area contributed by atoms with Crippen LogP contribution in [0.2, 0.25) is 0 Å². The van der Waals surface area contributed by atoms with Crippen LogP contribution < -0.4 is 5.32 Å². The molecule has 12 rings (SSSR count). The summed E-state index contributed by atoms with van der Waals surface area (Å²) in [5, 5.41) is 8.38. The Bertz CT molecular complexity index is 3390. The Morgan fingerprint density at radius 3 is 1.59 bits per heavy atom. The Kier molecular flexibility index (Phi) is 9.93. The van der Waals surface area contributed by atoms with E-state index in [4.69, 9.17) is 4.42 Å². The van der Waals surface area contributed by atoms with Crippen LogP contribution >= 0.6 is 0 Å². The van der Waals surface area contributed by atoms with Gasteiger partial charge in [0.25, 0.3) is 0 Å². The number of fused-ring (bicyclic) bond motifs is 8. The first-order valence-corrected chi connectivity index (χ1v) is 22.5. The summed E-state index contributed by atoms with van der Waals surface area (Å²) < 4.78 is 6.13. The SMILES string of the molecule is CC1C=CC(Nc2ccc(-c3ccc4c(c3)C(C)(C)c3cc(-c5ccccc5)ccc3-4)cc2)=CC1.c1ccc(-c2ccc(-c3ccc4oc5ccc6ccccc6c5c4c3)cc2)cc1. The summed E-state index contributed by atoms with van der Waals surface area (Å²) in [6.45, 7) is 6.96. The van der Waals surface area contributed by atoms with Crippen LogP contribution in [-0.4, -0.2) is 0 Å². The zero-order chi connectivity index (χ0) is 43.2. The third kappa shape index (κ3) is 7.31. The lowest BCUT2D eigenvalue weighted by molar-refractivity contribution is 0.661. The van der Waals surface area contributed by atoms with Crippen molar-refractivity contribution < 1.29 is 4.42 Å². The Hall–Kier alpha value is -7.68. The molecule has 1 unspecified atom stereocenters. The van der Waals surface area contributed by atoms with Crippen molar-refractivity contribution in [3.8, 4) is 55.6 Å². The van der Waals surface area contributed by atoms with Gasteiger partial charge in [-0.3, -0.25) is 0 Å². The number of furan rings is 1. The van der Waals surface area contributed by atoms with E-state index in [1.165, 1.54) is 94.0 Å². The number of anilines is 1. The van der Waals surface area contributed by atoms with Gasteiger partial charge < -0.3 is 9.73 Å². The van der Waals surface area contributed by atoms with Gasteiger partial charge in [-0.1, -0.05) is 191 Å². The molecule has 0 saturated carbocycles. The van der Waals surface area contributed by atoms with Gasteiger partial charge in [-0.15, -0.1) is 0 Å². The average Bonchev–Trinajstić information content (AvgIpc) is 3.84. The van der Waals surface area contributed by atoms with Gasteiger partial charge in [0.2, 0.25) is 0 Å². The van der Waals surface area contributed by atoms with Gasteiger partial charge >= 0.3 is 0 Å². The maximum atomic E-state index is 6.13. The number of nitrogens with one attached hydrogen (secondary N) is 1. The number of allylic oxidation sites excluding steroid dienone is 3. The molecule has 9 aromatic carbocycles. The van der Waals surface area contributed by atoms with E-state index < -0.39 is 0 Å². The Morgan fingerprint density at radius 2 is 0.969 bits per heavy atom. The second-order valence-electron chi connectivity index (χ2n) is 17.9. The maximum Gasteiger partial charge on any atom is 0.136 e. The second-order valence-corrected chi connectivity index (χ2v) is 17.9. The van der Waals surface area contributed by atoms with E-state index in [1.807, 2.05) is 6.07 Å². The fraction of sp³-hybridized carbons (Fsp3) is 0.0968. The lowest BCUT2D eigenvalue weighted by Crippen LogP contribution is -2.15. The Balaban J connectivity index is 0.000000145. The Morgan fingerprint density at radius 1 is 0.469 bits per heavy atom. The minimum Gasteiger partial charge on any atom is -0.456 e. The summed E-state index contributed by atoms with van der Waals surface area (Å²) in [7, 11) is 0. The molecule has 0 saturated heterocycles. The van der Waals surface area contributed by atoms with Crippen molar-refractivity contribution in [3.63, 3.8) is 0 Å². The van der Waals surface area contributed by atoms with Crippen molar-refractivity contribution in [1.29, 1.82) is 0 Å². The van der Waals surface area contributed by atoms with E-state index >= 15 is 0 Å².